The van der Waals surface area contributed by atoms with Gasteiger partial charge in [0, 0.05) is 0 Å². The standard InChI is InChI=1S/C28H40N2.C13H20O2.Ni/c1-7-9-11-12-14-28(30-26-19-23(5)16-24(6)20-26)27(13-10-8-2)29-25-17-21(3)15-22(4)18-25;1-3-5-7-11-8-10(6-4-2)9-12(14)13(11)15;/h15-20H,7-14H2,1-6H3;8-9,14-15H,3-7H2,1-2H3;/q;;+2/p-2. The number of hydrogen-bond donors (Lipinski definition) is 0. The van der Waals surface area contributed by atoms with Crippen LogP contribution in [0.15, 0.2) is 58.5 Å². The van der Waals surface area contributed by atoms with Crippen molar-refractivity contribution in [3.8, 4) is 11.5 Å². The van der Waals surface area contributed by atoms with Crippen LogP contribution < -0.4 is 10.2 Å². The van der Waals surface area contributed by atoms with Crippen molar-refractivity contribution in [2.24, 2.45) is 9.98 Å². The molecule has 0 saturated carbocycles. The molecule has 0 atom stereocenters. The maximum Gasteiger partial charge on any atom is 2.00 e. The minimum absolute atomic E-state index is 0. The van der Waals surface area contributed by atoms with E-state index in [-0.39, 0.29) is 28.0 Å². The van der Waals surface area contributed by atoms with Crippen LogP contribution in [0.1, 0.15) is 132 Å². The number of aliphatic imine (C=N–C) groups is 2. The molecule has 3 aromatic rings. The fraction of sp³-hybridized carbons (Fsp3) is 0.512. The summed E-state index contributed by atoms with van der Waals surface area (Å²) < 4.78 is 0. The van der Waals surface area contributed by atoms with Gasteiger partial charge in [-0.05, 0) is 125 Å². The Labute approximate surface area is 290 Å². The predicted octanol–water partition coefficient (Wildman–Crippen LogP) is 11.1. The van der Waals surface area contributed by atoms with Crippen LogP contribution in [0.25, 0.3) is 0 Å². The summed E-state index contributed by atoms with van der Waals surface area (Å²) in [6.07, 6.45) is 13.9. The smallest absolute Gasteiger partial charge is 0.873 e. The average molecular weight is 670 g/mol. The number of nitrogens with zero attached hydrogens (tertiary/aromatic N) is 2. The summed E-state index contributed by atoms with van der Waals surface area (Å²) in [4.78, 5) is 10.3. The third kappa shape index (κ3) is 15.1. The van der Waals surface area contributed by atoms with E-state index >= 15 is 0 Å². The topological polar surface area (TPSA) is 70.8 Å². The molecule has 254 valence electrons. The summed E-state index contributed by atoms with van der Waals surface area (Å²) in [5, 5.41) is 22.9. The van der Waals surface area contributed by atoms with Gasteiger partial charge in [0.2, 0.25) is 0 Å². The summed E-state index contributed by atoms with van der Waals surface area (Å²) in [5.74, 6) is -0.643. The molecule has 0 saturated heterocycles. The van der Waals surface area contributed by atoms with E-state index in [0.29, 0.717) is 5.56 Å². The van der Waals surface area contributed by atoms with Crippen LogP contribution in [0.3, 0.4) is 0 Å². The first-order valence-corrected chi connectivity index (χ1v) is 17.4. The zero-order valence-electron chi connectivity index (χ0n) is 29.8. The molecule has 0 bridgehead atoms. The van der Waals surface area contributed by atoms with E-state index < -0.39 is 0 Å². The third-order valence-electron chi connectivity index (χ3n) is 7.84. The first-order valence-electron chi connectivity index (χ1n) is 17.4. The summed E-state index contributed by atoms with van der Waals surface area (Å²) in [6, 6.07) is 16.6. The molecule has 0 amide bonds. The van der Waals surface area contributed by atoms with Gasteiger partial charge in [0.1, 0.15) is 0 Å². The number of aryl methyl sites for hydroxylation is 6. The van der Waals surface area contributed by atoms with Crippen molar-refractivity contribution in [2.75, 3.05) is 0 Å². The second-order valence-electron chi connectivity index (χ2n) is 12.7. The van der Waals surface area contributed by atoms with E-state index in [9.17, 15) is 10.2 Å². The number of rotatable bonds is 16. The van der Waals surface area contributed by atoms with Crippen LogP contribution in [0.4, 0.5) is 11.4 Å². The Balaban J connectivity index is 0.000000557. The van der Waals surface area contributed by atoms with Crippen LogP contribution in [0.2, 0.25) is 0 Å². The number of benzene rings is 3. The third-order valence-corrected chi connectivity index (χ3v) is 7.84. The molecular formula is C41H58N2NiO2. The van der Waals surface area contributed by atoms with Crippen molar-refractivity contribution in [3.05, 3.63) is 81.9 Å². The molecule has 0 radical (unpaired) electrons. The second kappa shape index (κ2) is 22.6. The molecule has 0 unspecified atom stereocenters. The zero-order chi connectivity index (χ0) is 33.2. The fourth-order valence-corrected chi connectivity index (χ4v) is 5.64. The minimum Gasteiger partial charge on any atom is -0.873 e. The zero-order valence-corrected chi connectivity index (χ0v) is 30.8. The van der Waals surface area contributed by atoms with Gasteiger partial charge >= 0.3 is 16.5 Å². The van der Waals surface area contributed by atoms with Crippen LogP contribution in [0.5, 0.6) is 11.5 Å². The summed E-state index contributed by atoms with van der Waals surface area (Å²) >= 11 is 0. The van der Waals surface area contributed by atoms with E-state index in [2.05, 4.69) is 91.8 Å². The molecule has 0 aliphatic carbocycles. The van der Waals surface area contributed by atoms with Crippen LogP contribution in [0, 0.1) is 27.7 Å². The fourth-order valence-electron chi connectivity index (χ4n) is 5.64. The monoisotopic (exact) mass is 668 g/mol. The molecule has 0 spiro atoms. The Morgan fingerprint density at radius 2 is 1.00 bits per heavy atom. The van der Waals surface area contributed by atoms with Gasteiger partial charge in [-0.1, -0.05) is 96.0 Å². The second-order valence-corrected chi connectivity index (χ2v) is 12.7. The van der Waals surface area contributed by atoms with Crippen molar-refractivity contribution < 1.29 is 26.7 Å². The van der Waals surface area contributed by atoms with Gasteiger partial charge in [0.05, 0.1) is 22.8 Å². The quantitative estimate of drug-likeness (QED) is 0.0865. The molecule has 0 aromatic heterocycles. The molecule has 5 heteroatoms. The molecule has 0 fully saturated rings. The molecule has 0 heterocycles. The molecule has 0 N–H and O–H groups in total. The van der Waals surface area contributed by atoms with Crippen LogP contribution >= 0.6 is 0 Å². The Morgan fingerprint density at radius 3 is 1.46 bits per heavy atom. The molecule has 46 heavy (non-hydrogen) atoms. The first kappa shape index (κ1) is 41.1. The van der Waals surface area contributed by atoms with E-state index in [1.54, 1.807) is 0 Å². The van der Waals surface area contributed by atoms with Crippen LogP contribution in [-0.2, 0) is 29.3 Å². The van der Waals surface area contributed by atoms with Gasteiger partial charge < -0.3 is 10.2 Å². The van der Waals surface area contributed by atoms with Gasteiger partial charge in [-0.2, -0.15) is 0 Å². The van der Waals surface area contributed by atoms with E-state index in [4.69, 9.17) is 9.98 Å². The van der Waals surface area contributed by atoms with Crippen LogP contribution in [-0.4, -0.2) is 11.4 Å². The largest absolute Gasteiger partial charge is 2.00 e. The Bertz CT molecular complexity index is 1350. The van der Waals surface area contributed by atoms with Gasteiger partial charge in [0.25, 0.3) is 0 Å². The van der Waals surface area contributed by atoms with Gasteiger partial charge in [-0.15, -0.1) is 11.5 Å². The first-order chi connectivity index (χ1) is 21.6. The van der Waals surface area contributed by atoms with Crippen molar-refractivity contribution in [3.63, 3.8) is 0 Å². The predicted molar refractivity (Wildman–Crippen MR) is 192 cm³/mol. The molecule has 4 nitrogen and oxygen atoms in total. The SMILES string of the molecule is CCCCCCC(=Nc1cc(C)cc(C)c1)C(CCCC)=Nc1cc(C)cc(C)c1.CCCCc1cc(CCC)cc([O-])c1[O-].[Ni+2]. The van der Waals surface area contributed by atoms with Gasteiger partial charge in [0.15, 0.2) is 0 Å². The molecule has 3 aromatic carbocycles. The van der Waals surface area contributed by atoms with Crippen molar-refractivity contribution >= 4 is 22.8 Å². The van der Waals surface area contributed by atoms with Crippen molar-refractivity contribution in [1.29, 1.82) is 0 Å². The molecular weight excluding hydrogens is 611 g/mol. The van der Waals surface area contributed by atoms with Gasteiger partial charge in [-0.25, -0.2) is 0 Å². The molecule has 3 rings (SSSR count). The normalized spacial score (nSPS) is 11.6. The summed E-state index contributed by atoms with van der Waals surface area (Å²) in [5.41, 5.74) is 11.2. The molecule has 0 aliphatic rings. The summed E-state index contributed by atoms with van der Waals surface area (Å²) in [6.45, 7) is 17.2. The maximum atomic E-state index is 11.5. The number of unbranched alkanes of at least 4 members (excludes halogenated alkanes) is 5. The Morgan fingerprint density at radius 1 is 0.522 bits per heavy atom. The van der Waals surface area contributed by atoms with E-state index in [0.717, 1.165) is 74.0 Å². The molecule has 0 aliphatic heterocycles. The Kier molecular flexibility index (Phi) is 20.2. The van der Waals surface area contributed by atoms with E-state index in [1.807, 2.05) is 6.07 Å². The Hall–Kier alpha value is -2.91. The van der Waals surface area contributed by atoms with E-state index in [1.165, 1.54) is 66.1 Å². The maximum absolute atomic E-state index is 11.5. The average Bonchev–Trinajstić information content (AvgIpc) is 2.97. The minimum atomic E-state index is -0.341. The van der Waals surface area contributed by atoms with Crippen molar-refractivity contribution in [1.82, 2.24) is 0 Å². The number of hydrogen-bond acceptors (Lipinski definition) is 4. The summed E-state index contributed by atoms with van der Waals surface area (Å²) in [7, 11) is 0. The van der Waals surface area contributed by atoms with Crippen molar-refractivity contribution in [2.45, 2.75) is 139 Å². The van der Waals surface area contributed by atoms with Gasteiger partial charge in [-0.3, -0.25) is 9.98 Å².